The number of methoxy groups -OCH3 is 1. The van der Waals surface area contributed by atoms with Crippen LogP contribution >= 0.6 is 46.9 Å². The summed E-state index contributed by atoms with van der Waals surface area (Å²) in [5.74, 6) is 0.889. The van der Waals surface area contributed by atoms with Crippen LogP contribution in [0.15, 0.2) is 17.1 Å². The highest BCUT2D eigenvalue weighted by atomic mass is 127. The second-order valence-electron chi connectivity index (χ2n) is 5.73. The van der Waals surface area contributed by atoms with Crippen LogP contribution in [0, 0.1) is 0 Å². The fraction of sp³-hybridized carbons (Fsp3) is 0.688. The van der Waals surface area contributed by atoms with Crippen LogP contribution in [0.4, 0.5) is 0 Å². The van der Waals surface area contributed by atoms with E-state index < -0.39 is 0 Å². The van der Waals surface area contributed by atoms with Crippen LogP contribution in [-0.2, 0) is 16.0 Å². The molecule has 1 saturated heterocycles. The maximum atomic E-state index is 6.01. The molecule has 138 valence electrons. The van der Waals surface area contributed by atoms with Crippen molar-refractivity contribution in [1.82, 2.24) is 10.2 Å². The summed E-state index contributed by atoms with van der Waals surface area (Å²) in [7, 11) is 3.81. The molecule has 0 unspecified atom stereocenters. The molecular formula is C16H27ClIN3O2S. The zero-order valence-corrected chi connectivity index (χ0v) is 18.4. The predicted molar refractivity (Wildman–Crippen MR) is 112 cm³/mol. The molecule has 1 fully saturated rings. The van der Waals surface area contributed by atoms with E-state index in [-0.39, 0.29) is 29.6 Å². The van der Waals surface area contributed by atoms with E-state index in [2.05, 4.69) is 23.2 Å². The zero-order valence-electron chi connectivity index (χ0n) is 14.5. The average molecular weight is 488 g/mol. The minimum absolute atomic E-state index is 0. The summed E-state index contributed by atoms with van der Waals surface area (Å²) in [4.78, 5) is 8.14. The molecule has 0 aromatic carbocycles. The van der Waals surface area contributed by atoms with Gasteiger partial charge in [0.25, 0.3) is 0 Å². The molecule has 5 nitrogen and oxygen atoms in total. The Morgan fingerprint density at radius 1 is 1.46 bits per heavy atom. The monoisotopic (exact) mass is 487 g/mol. The molecule has 24 heavy (non-hydrogen) atoms. The summed E-state index contributed by atoms with van der Waals surface area (Å²) < 4.78 is 12.0. The van der Waals surface area contributed by atoms with Crippen LogP contribution in [0.2, 0.25) is 4.34 Å². The largest absolute Gasteiger partial charge is 0.381 e. The van der Waals surface area contributed by atoms with Crippen molar-refractivity contribution in [2.45, 2.75) is 31.9 Å². The van der Waals surface area contributed by atoms with E-state index >= 15 is 0 Å². The summed E-state index contributed by atoms with van der Waals surface area (Å²) >= 11 is 7.61. The van der Waals surface area contributed by atoms with E-state index in [1.54, 1.807) is 18.4 Å². The Labute approximate surface area is 170 Å². The predicted octanol–water partition coefficient (Wildman–Crippen LogP) is 3.61. The molecule has 1 aliphatic heterocycles. The molecule has 2 rings (SSSR count). The third-order valence-corrected chi connectivity index (χ3v) is 5.29. The molecule has 1 aromatic heterocycles. The van der Waals surface area contributed by atoms with Crippen molar-refractivity contribution >= 4 is 52.9 Å². The van der Waals surface area contributed by atoms with E-state index in [9.17, 15) is 0 Å². The van der Waals surface area contributed by atoms with Gasteiger partial charge in [0.2, 0.25) is 0 Å². The Bertz CT molecular complexity index is 521. The van der Waals surface area contributed by atoms with Gasteiger partial charge < -0.3 is 19.7 Å². The zero-order chi connectivity index (χ0) is 16.7. The molecule has 0 radical (unpaired) electrons. The molecule has 1 aliphatic rings. The van der Waals surface area contributed by atoms with Crippen molar-refractivity contribution in [1.29, 1.82) is 0 Å². The van der Waals surface area contributed by atoms with Gasteiger partial charge in [0, 0.05) is 51.6 Å². The van der Waals surface area contributed by atoms with Crippen LogP contribution in [-0.4, -0.2) is 56.9 Å². The number of guanidine groups is 1. The van der Waals surface area contributed by atoms with E-state index in [0.717, 1.165) is 49.4 Å². The van der Waals surface area contributed by atoms with Crippen molar-refractivity contribution in [3.63, 3.8) is 0 Å². The lowest BCUT2D eigenvalue weighted by atomic mass is 9.94. The summed E-state index contributed by atoms with van der Waals surface area (Å²) in [5.41, 5.74) is -0.202. The van der Waals surface area contributed by atoms with Crippen molar-refractivity contribution in [3.05, 3.63) is 21.3 Å². The van der Waals surface area contributed by atoms with Crippen molar-refractivity contribution < 1.29 is 9.47 Å². The number of halogens is 2. The lowest BCUT2D eigenvalue weighted by molar-refractivity contribution is -0.0829. The molecular weight excluding hydrogens is 461 g/mol. The first-order valence-corrected chi connectivity index (χ1v) is 9.14. The molecule has 0 spiro atoms. The van der Waals surface area contributed by atoms with Crippen LogP contribution in [0.25, 0.3) is 0 Å². The first-order valence-electron chi connectivity index (χ1n) is 7.95. The van der Waals surface area contributed by atoms with Crippen LogP contribution in [0.3, 0.4) is 0 Å². The van der Waals surface area contributed by atoms with Crippen molar-refractivity contribution in [3.8, 4) is 0 Å². The van der Waals surface area contributed by atoms with Gasteiger partial charge in [-0.3, -0.25) is 4.99 Å². The Balaban J connectivity index is 0.00000288. The summed E-state index contributed by atoms with van der Waals surface area (Å²) in [6.07, 6.45) is 1.77. The quantitative estimate of drug-likeness (QED) is 0.378. The molecule has 0 atom stereocenters. The fourth-order valence-electron chi connectivity index (χ4n) is 2.60. The first-order chi connectivity index (χ1) is 11.1. The molecule has 0 aliphatic carbocycles. The average Bonchev–Trinajstić information content (AvgIpc) is 2.97. The summed E-state index contributed by atoms with van der Waals surface area (Å²) in [6.45, 7) is 5.81. The smallest absolute Gasteiger partial charge is 0.194 e. The number of rotatable bonds is 6. The van der Waals surface area contributed by atoms with Gasteiger partial charge in [0.15, 0.2) is 5.96 Å². The van der Waals surface area contributed by atoms with Gasteiger partial charge in [0.05, 0.1) is 23.0 Å². The first kappa shape index (κ1) is 22.0. The lowest BCUT2D eigenvalue weighted by Gasteiger charge is -2.35. The number of nitrogens with one attached hydrogen (secondary N) is 1. The van der Waals surface area contributed by atoms with E-state index in [4.69, 9.17) is 26.1 Å². The number of nitrogens with zero attached hydrogens (tertiary/aromatic N) is 2. The van der Waals surface area contributed by atoms with Gasteiger partial charge in [0.1, 0.15) is 0 Å². The topological polar surface area (TPSA) is 46.1 Å². The highest BCUT2D eigenvalue weighted by molar-refractivity contribution is 14.0. The number of hydrogen-bond donors (Lipinski definition) is 1. The van der Waals surface area contributed by atoms with Crippen LogP contribution < -0.4 is 5.32 Å². The van der Waals surface area contributed by atoms with E-state index in [0.29, 0.717) is 6.54 Å². The van der Waals surface area contributed by atoms with E-state index in [1.807, 2.05) is 13.1 Å². The number of ether oxygens (including phenoxy) is 2. The summed E-state index contributed by atoms with van der Waals surface area (Å²) in [6, 6.07) is 3.99. The molecule has 1 N–H and O–H groups in total. The molecule has 1 aromatic rings. The Hall–Kier alpha value is -0.0900. The van der Waals surface area contributed by atoms with Crippen molar-refractivity contribution in [2.75, 3.05) is 40.5 Å². The van der Waals surface area contributed by atoms with Crippen LogP contribution in [0.1, 0.15) is 24.6 Å². The van der Waals surface area contributed by atoms with E-state index in [1.165, 1.54) is 4.88 Å². The highest BCUT2D eigenvalue weighted by Crippen LogP contribution is 2.25. The number of aliphatic imine (C=N–C) groups is 1. The third kappa shape index (κ3) is 6.33. The van der Waals surface area contributed by atoms with Gasteiger partial charge in [-0.2, -0.15) is 0 Å². The maximum absolute atomic E-state index is 6.01. The Morgan fingerprint density at radius 2 is 2.17 bits per heavy atom. The minimum atomic E-state index is -0.202. The fourth-order valence-corrected chi connectivity index (χ4v) is 3.75. The van der Waals surface area contributed by atoms with Gasteiger partial charge >= 0.3 is 0 Å². The second kappa shape index (κ2) is 10.8. The highest BCUT2D eigenvalue weighted by Gasteiger charge is 2.32. The van der Waals surface area contributed by atoms with Gasteiger partial charge in [-0.1, -0.05) is 11.6 Å². The second-order valence-corrected chi connectivity index (χ2v) is 7.53. The molecule has 2 heterocycles. The molecule has 8 heteroatoms. The van der Waals surface area contributed by atoms with Gasteiger partial charge in [-0.25, -0.2) is 0 Å². The molecule has 0 saturated carbocycles. The molecule has 0 bridgehead atoms. The summed E-state index contributed by atoms with van der Waals surface area (Å²) in [5, 5.41) is 3.35. The Morgan fingerprint density at radius 3 is 2.71 bits per heavy atom. The minimum Gasteiger partial charge on any atom is -0.381 e. The Kier molecular flexibility index (Phi) is 9.88. The number of hydrogen-bond acceptors (Lipinski definition) is 4. The number of thiophene rings is 1. The van der Waals surface area contributed by atoms with Crippen LogP contribution in [0.5, 0.6) is 0 Å². The normalized spacial score (nSPS) is 17.2. The molecule has 0 amide bonds. The standard InChI is InChI=1S/C16H26ClN3O2S.HI/c1-4-18-15(20(2)11-13-5-6-14(17)23-13)19-12-16(21-3)7-9-22-10-8-16;/h5-6H,4,7-12H2,1-3H3,(H,18,19);1H. The SMILES string of the molecule is CCNC(=NCC1(OC)CCOCC1)N(C)Cc1ccc(Cl)s1.I. The lowest BCUT2D eigenvalue weighted by Crippen LogP contribution is -2.44. The van der Waals surface area contributed by atoms with Crippen molar-refractivity contribution in [2.24, 2.45) is 4.99 Å². The maximum Gasteiger partial charge on any atom is 0.194 e. The third-order valence-electron chi connectivity index (χ3n) is 4.07. The van der Waals surface area contributed by atoms with Gasteiger partial charge in [-0.05, 0) is 19.1 Å². The van der Waals surface area contributed by atoms with Gasteiger partial charge in [-0.15, -0.1) is 35.3 Å².